The average Bonchev–Trinajstić information content (AvgIpc) is 3.58. The second kappa shape index (κ2) is 8.74. The Kier molecular flexibility index (Phi) is 4.82. The van der Waals surface area contributed by atoms with Gasteiger partial charge >= 0.3 is 0 Å². The van der Waals surface area contributed by atoms with E-state index in [2.05, 4.69) is 135 Å². The van der Waals surface area contributed by atoms with Crippen molar-refractivity contribution in [3.05, 3.63) is 145 Å². The van der Waals surface area contributed by atoms with E-state index in [0.29, 0.717) is 0 Å². The number of ether oxygens (including phenoxy) is 1. The van der Waals surface area contributed by atoms with Crippen LogP contribution in [0.15, 0.2) is 138 Å². The van der Waals surface area contributed by atoms with Crippen molar-refractivity contribution in [2.45, 2.75) is 19.3 Å². The largest absolute Gasteiger partial charge is 0.456 e. The molecule has 0 N–H and O–H groups in total. The van der Waals surface area contributed by atoms with Gasteiger partial charge in [-0.15, -0.1) is 0 Å². The van der Waals surface area contributed by atoms with Crippen LogP contribution in [-0.4, -0.2) is 0 Å². The first-order valence-electron chi connectivity index (χ1n) is 15.6. The van der Waals surface area contributed by atoms with Crippen molar-refractivity contribution in [1.82, 2.24) is 0 Å². The summed E-state index contributed by atoms with van der Waals surface area (Å²) in [6.07, 6.45) is 0. The van der Waals surface area contributed by atoms with Crippen molar-refractivity contribution in [2.75, 3.05) is 0 Å². The molecular formula is C43H28O2. The first kappa shape index (κ1) is 24.8. The van der Waals surface area contributed by atoms with Gasteiger partial charge in [0, 0.05) is 27.1 Å². The summed E-state index contributed by atoms with van der Waals surface area (Å²) in [6, 6.07) is 47.9. The molecule has 2 nitrogen and oxygen atoms in total. The summed E-state index contributed by atoms with van der Waals surface area (Å²) < 4.78 is 12.9. The lowest BCUT2D eigenvalue weighted by molar-refractivity contribution is 0.487. The standard InChI is InChI=1S/C43H28O2/c1-43(2)34-16-5-3-10-31(34)40-28(15-8-17-35(40)43)27-21-23-39-42-29(27)13-7-14-30(42)33-24-25(20-22-37(33)45-39)26-12-9-19-38-41(26)32-11-4-6-18-36(32)44-38/h3-24H,1-2H3. The molecule has 0 radical (unpaired) electrons. The maximum absolute atomic E-state index is 6.64. The summed E-state index contributed by atoms with van der Waals surface area (Å²) in [5.41, 5.74) is 14.3. The van der Waals surface area contributed by atoms with Gasteiger partial charge < -0.3 is 9.15 Å². The first-order chi connectivity index (χ1) is 22.1. The molecule has 45 heavy (non-hydrogen) atoms. The second-order valence-electron chi connectivity index (χ2n) is 12.8. The van der Waals surface area contributed by atoms with Crippen molar-refractivity contribution < 1.29 is 9.15 Å². The van der Waals surface area contributed by atoms with Gasteiger partial charge in [0.25, 0.3) is 0 Å². The lowest BCUT2D eigenvalue weighted by atomic mass is 9.81. The fraction of sp³-hybridized carbons (Fsp3) is 0.0698. The van der Waals surface area contributed by atoms with Crippen molar-refractivity contribution in [1.29, 1.82) is 0 Å². The van der Waals surface area contributed by atoms with Crippen LogP contribution < -0.4 is 4.74 Å². The summed E-state index contributed by atoms with van der Waals surface area (Å²) in [5.74, 6) is 1.79. The average molecular weight is 577 g/mol. The van der Waals surface area contributed by atoms with E-state index >= 15 is 0 Å². The van der Waals surface area contributed by atoms with Gasteiger partial charge in [-0.1, -0.05) is 117 Å². The molecule has 0 fully saturated rings. The minimum absolute atomic E-state index is 0.0457. The van der Waals surface area contributed by atoms with Crippen molar-refractivity contribution in [3.8, 4) is 56.0 Å². The molecule has 1 aromatic heterocycles. The minimum Gasteiger partial charge on any atom is -0.456 e. The zero-order valence-corrected chi connectivity index (χ0v) is 25.0. The quantitative estimate of drug-likeness (QED) is 0.204. The zero-order valence-electron chi connectivity index (χ0n) is 25.0. The van der Waals surface area contributed by atoms with Crippen LogP contribution in [0.4, 0.5) is 0 Å². The second-order valence-corrected chi connectivity index (χ2v) is 12.8. The summed E-state index contributed by atoms with van der Waals surface area (Å²) in [4.78, 5) is 0. The highest BCUT2D eigenvalue weighted by Gasteiger charge is 2.37. The number of hydrogen-bond acceptors (Lipinski definition) is 2. The number of fused-ring (bicyclic) bond motifs is 8. The molecule has 212 valence electrons. The Morgan fingerprint density at radius 2 is 1.13 bits per heavy atom. The Balaban J connectivity index is 1.19. The van der Waals surface area contributed by atoms with Gasteiger partial charge in [0.1, 0.15) is 22.7 Å². The van der Waals surface area contributed by atoms with Gasteiger partial charge in [-0.25, -0.2) is 0 Å². The van der Waals surface area contributed by atoms with Crippen LogP contribution in [0.3, 0.4) is 0 Å². The maximum Gasteiger partial charge on any atom is 0.136 e. The fourth-order valence-electron chi connectivity index (χ4n) is 8.03. The van der Waals surface area contributed by atoms with Crippen molar-refractivity contribution >= 4 is 32.7 Å². The van der Waals surface area contributed by atoms with Crippen LogP contribution in [-0.2, 0) is 5.41 Å². The number of furan rings is 1. The lowest BCUT2D eigenvalue weighted by Crippen LogP contribution is -2.14. The Bertz CT molecular complexity index is 2550. The molecule has 2 heterocycles. The molecule has 0 amide bonds. The van der Waals surface area contributed by atoms with Gasteiger partial charge in [-0.3, -0.25) is 0 Å². The highest BCUT2D eigenvalue weighted by atomic mass is 16.5. The highest BCUT2D eigenvalue weighted by molar-refractivity contribution is 6.14. The van der Waals surface area contributed by atoms with Crippen LogP contribution in [0.2, 0.25) is 0 Å². The van der Waals surface area contributed by atoms with Gasteiger partial charge in [0.2, 0.25) is 0 Å². The van der Waals surface area contributed by atoms with Gasteiger partial charge in [0.05, 0.1) is 0 Å². The molecule has 0 unspecified atom stereocenters. The van der Waals surface area contributed by atoms with Crippen LogP contribution in [0.25, 0.3) is 77.2 Å². The van der Waals surface area contributed by atoms with Gasteiger partial charge in [-0.2, -0.15) is 0 Å². The third-order valence-electron chi connectivity index (χ3n) is 10.1. The van der Waals surface area contributed by atoms with Crippen molar-refractivity contribution in [2.24, 2.45) is 0 Å². The summed E-state index contributed by atoms with van der Waals surface area (Å²) >= 11 is 0. The monoisotopic (exact) mass is 576 g/mol. The van der Waals surface area contributed by atoms with Crippen LogP contribution in [0.1, 0.15) is 25.0 Å². The molecule has 10 rings (SSSR count). The van der Waals surface area contributed by atoms with Crippen LogP contribution in [0, 0.1) is 0 Å². The van der Waals surface area contributed by atoms with E-state index < -0.39 is 0 Å². The van der Waals surface area contributed by atoms with E-state index in [1.165, 1.54) is 44.3 Å². The third-order valence-corrected chi connectivity index (χ3v) is 10.1. The van der Waals surface area contributed by atoms with Crippen LogP contribution in [0.5, 0.6) is 11.5 Å². The topological polar surface area (TPSA) is 22.4 Å². The fourth-order valence-corrected chi connectivity index (χ4v) is 8.03. The smallest absolute Gasteiger partial charge is 0.136 e. The summed E-state index contributed by atoms with van der Waals surface area (Å²) in [6.45, 7) is 4.68. The molecule has 7 aromatic carbocycles. The van der Waals surface area contributed by atoms with E-state index in [-0.39, 0.29) is 5.41 Å². The Morgan fingerprint density at radius 3 is 2.09 bits per heavy atom. The molecule has 0 spiro atoms. The highest BCUT2D eigenvalue weighted by Crippen LogP contribution is 2.55. The molecule has 0 atom stereocenters. The van der Waals surface area contributed by atoms with E-state index in [9.17, 15) is 0 Å². The van der Waals surface area contributed by atoms with E-state index in [4.69, 9.17) is 9.15 Å². The molecule has 0 saturated carbocycles. The van der Waals surface area contributed by atoms with E-state index in [1.807, 2.05) is 12.1 Å². The summed E-state index contributed by atoms with van der Waals surface area (Å²) in [7, 11) is 0. The number of hydrogen-bond donors (Lipinski definition) is 0. The molecule has 2 heteroatoms. The van der Waals surface area contributed by atoms with Crippen molar-refractivity contribution in [3.63, 3.8) is 0 Å². The molecule has 2 aliphatic rings. The predicted molar refractivity (Wildman–Crippen MR) is 185 cm³/mol. The number of rotatable bonds is 2. The molecular weight excluding hydrogens is 548 g/mol. The molecule has 1 aliphatic heterocycles. The first-order valence-corrected chi connectivity index (χ1v) is 15.6. The van der Waals surface area contributed by atoms with Gasteiger partial charge in [0.15, 0.2) is 0 Å². The molecule has 8 aromatic rings. The van der Waals surface area contributed by atoms with E-state index in [0.717, 1.165) is 55.5 Å². The number of para-hydroxylation sites is 1. The number of benzene rings is 7. The molecule has 0 bridgehead atoms. The Morgan fingerprint density at radius 1 is 0.444 bits per heavy atom. The Hall–Kier alpha value is -5.60. The lowest BCUT2D eigenvalue weighted by Gasteiger charge is -2.24. The summed E-state index contributed by atoms with van der Waals surface area (Å²) in [5, 5.41) is 4.65. The normalized spacial score (nSPS) is 13.9. The minimum atomic E-state index is -0.0457. The Labute approximate surface area is 261 Å². The predicted octanol–water partition coefficient (Wildman–Crippen LogP) is 12.2. The maximum atomic E-state index is 6.64. The zero-order chi connectivity index (χ0) is 29.9. The molecule has 1 aliphatic carbocycles. The molecule has 0 saturated heterocycles. The van der Waals surface area contributed by atoms with Crippen LogP contribution >= 0.6 is 0 Å². The van der Waals surface area contributed by atoms with Gasteiger partial charge in [-0.05, 0) is 85.8 Å². The SMILES string of the molecule is CC1(C)c2ccccc2-c2c(-c3ccc4c5c(cccc35)-c3cc(-c5cccc6oc7ccccc7c56)ccc3O4)cccc21. The van der Waals surface area contributed by atoms with E-state index in [1.54, 1.807) is 0 Å². The third kappa shape index (κ3) is 3.29.